The van der Waals surface area contributed by atoms with Crippen LogP contribution in [0.4, 0.5) is 8.78 Å². The lowest BCUT2D eigenvalue weighted by atomic mass is 10.1. The number of aromatic amines is 1. The summed E-state index contributed by atoms with van der Waals surface area (Å²) >= 11 is 0. The van der Waals surface area contributed by atoms with Crippen LogP contribution in [0.25, 0.3) is 12.2 Å². The molecule has 0 bridgehead atoms. The largest absolute Gasteiger partial charge is 0.434 e. The molecule has 0 unspecified atom stereocenters. The van der Waals surface area contributed by atoms with Crippen LogP contribution in [0.1, 0.15) is 22.4 Å². The molecule has 1 N–H and O–H groups in total. The zero-order chi connectivity index (χ0) is 16.1. The van der Waals surface area contributed by atoms with Crippen LogP contribution < -0.4 is 10.3 Å². The van der Waals surface area contributed by atoms with Crippen LogP contribution in [0.2, 0.25) is 0 Å². The quantitative estimate of drug-likeness (QED) is 0.942. The van der Waals surface area contributed by atoms with Crippen molar-refractivity contribution in [2.45, 2.75) is 13.5 Å². The van der Waals surface area contributed by atoms with E-state index in [1.54, 1.807) is 31.2 Å². The third-order valence-corrected chi connectivity index (χ3v) is 2.93. The molecule has 2 rings (SSSR count). The molecule has 0 aliphatic rings. The third-order valence-electron chi connectivity index (χ3n) is 2.93. The predicted octanol–water partition coefficient (Wildman–Crippen LogP) is 2.72. The maximum atomic E-state index is 12.3. The van der Waals surface area contributed by atoms with Gasteiger partial charge in [0.05, 0.1) is 5.69 Å². The Balaban J connectivity index is 2.38. The molecule has 0 fully saturated rings. The van der Waals surface area contributed by atoms with E-state index in [9.17, 15) is 13.6 Å². The number of ether oxygens (including phenoxy) is 1. The number of para-hydroxylation sites is 1. The molecule has 1 aromatic carbocycles. The lowest BCUT2D eigenvalue weighted by molar-refractivity contribution is -0.0499. The second-order valence-corrected chi connectivity index (χ2v) is 4.30. The molecule has 1 aromatic heterocycles. The summed E-state index contributed by atoms with van der Waals surface area (Å²) in [4.78, 5) is 11.4. The molecule has 0 saturated carbocycles. The summed E-state index contributed by atoms with van der Waals surface area (Å²) in [5.74, 6) is 0.0244. The molecule has 1 heterocycles. The van der Waals surface area contributed by atoms with Crippen LogP contribution in [0.3, 0.4) is 0 Å². The Morgan fingerprint density at radius 1 is 1.36 bits per heavy atom. The summed E-state index contributed by atoms with van der Waals surface area (Å²) < 4.78 is 29.1. The number of alkyl halides is 2. The first kappa shape index (κ1) is 15.4. The van der Waals surface area contributed by atoms with Crippen LogP contribution in [-0.4, -0.2) is 16.8 Å². The van der Waals surface area contributed by atoms with E-state index in [0.717, 1.165) is 0 Å². The fraction of sp³-hybridized carbons (Fsp3) is 0.133. The average molecular weight is 303 g/mol. The van der Waals surface area contributed by atoms with E-state index in [2.05, 4.69) is 14.9 Å². The Morgan fingerprint density at radius 2 is 2.09 bits per heavy atom. The average Bonchev–Trinajstić information content (AvgIpc) is 2.48. The second kappa shape index (κ2) is 6.63. The normalized spacial score (nSPS) is 10.9. The summed E-state index contributed by atoms with van der Waals surface area (Å²) in [6.07, 6.45) is 3.03. The highest BCUT2D eigenvalue weighted by atomic mass is 19.3. The van der Waals surface area contributed by atoms with Crippen molar-refractivity contribution in [1.29, 1.82) is 5.26 Å². The summed E-state index contributed by atoms with van der Waals surface area (Å²) in [5.41, 5.74) is 0.594. The molecule has 112 valence electrons. The third kappa shape index (κ3) is 3.35. The molecule has 0 aliphatic carbocycles. The van der Waals surface area contributed by atoms with Crippen molar-refractivity contribution in [3.63, 3.8) is 0 Å². The second-order valence-electron chi connectivity index (χ2n) is 4.30. The van der Waals surface area contributed by atoms with Gasteiger partial charge in [0.25, 0.3) is 5.56 Å². The first-order valence-electron chi connectivity index (χ1n) is 6.24. The number of nitrogens with zero attached hydrogens (tertiary/aromatic N) is 2. The zero-order valence-corrected chi connectivity index (χ0v) is 11.5. The highest BCUT2D eigenvalue weighted by Gasteiger charge is 2.09. The molecule has 0 amide bonds. The number of aromatic nitrogens is 2. The van der Waals surface area contributed by atoms with E-state index in [1.165, 1.54) is 18.2 Å². The van der Waals surface area contributed by atoms with E-state index in [4.69, 9.17) is 5.26 Å². The Hall–Kier alpha value is -3.01. The van der Waals surface area contributed by atoms with Crippen molar-refractivity contribution < 1.29 is 13.5 Å². The van der Waals surface area contributed by atoms with E-state index in [1.807, 2.05) is 0 Å². The van der Waals surface area contributed by atoms with E-state index >= 15 is 0 Å². The van der Waals surface area contributed by atoms with Crippen molar-refractivity contribution in [3.05, 3.63) is 57.0 Å². The molecule has 0 radical (unpaired) electrons. The first-order chi connectivity index (χ1) is 10.5. The van der Waals surface area contributed by atoms with E-state index in [-0.39, 0.29) is 11.3 Å². The van der Waals surface area contributed by atoms with Gasteiger partial charge in [0.2, 0.25) is 0 Å². The summed E-state index contributed by atoms with van der Waals surface area (Å²) in [5, 5.41) is 15.0. The van der Waals surface area contributed by atoms with Crippen molar-refractivity contribution in [3.8, 4) is 11.8 Å². The van der Waals surface area contributed by atoms with Gasteiger partial charge in [-0.3, -0.25) is 4.79 Å². The molecule has 7 heteroatoms. The van der Waals surface area contributed by atoms with Gasteiger partial charge < -0.3 is 4.74 Å². The van der Waals surface area contributed by atoms with E-state index in [0.29, 0.717) is 16.8 Å². The summed E-state index contributed by atoms with van der Waals surface area (Å²) in [6, 6.07) is 8.06. The molecular formula is C15H11F2N3O2. The maximum Gasteiger partial charge on any atom is 0.387 e. The molecular weight excluding hydrogens is 292 g/mol. The number of hydrogen-bond donors (Lipinski definition) is 1. The Morgan fingerprint density at radius 3 is 2.77 bits per heavy atom. The van der Waals surface area contributed by atoms with Gasteiger partial charge in [-0.15, -0.1) is 0 Å². The minimum atomic E-state index is -2.92. The SMILES string of the molecule is Cc1c(/C=C/c2ccccc2OC(F)F)n[nH]c(=O)c1C#N. The molecule has 22 heavy (non-hydrogen) atoms. The zero-order valence-electron chi connectivity index (χ0n) is 11.5. The van der Waals surface area contributed by atoms with Crippen molar-refractivity contribution >= 4 is 12.2 Å². The summed E-state index contributed by atoms with van der Waals surface area (Å²) in [6.45, 7) is -1.34. The van der Waals surface area contributed by atoms with Crippen molar-refractivity contribution in [2.24, 2.45) is 0 Å². The van der Waals surface area contributed by atoms with Gasteiger partial charge in [0.15, 0.2) is 0 Å². The number of rotatable bonds is 4. The fourth-order valence-corrected chi connectivity index (χ4v) is 1.84. The fourth-order valence-electron chi connectivity index (χ4n) is 1.84. The maximum absolute atomic E-state index is 12.3. The van der Waals surface area contributed by atoms with Gasteiger partial charge in [0, 0.05) is 5.56 Å². The molecule has 0 aliphatic heterocycles. The van der Waals surface area contributed by atoms with Crippen LogP contribution in [0, 0.1) is 18.3 Å². The van der Waals surface area contributed by atoms with Gasteiger partial charge in [-0.1, -0.05) is 18.2 Å². The monoisotopic (exact) mass is 303 g/mol. The number of H-pyrrole nitrogens is 1. The Labute approximate surface area is 124 Å². The first-order valence-corrected chi connectivity index (χ1v) is 6.24. The van der Waals surface area contributed by atoms with Gasteiger partial charge >= 0.3 is 6.61 Å². The number of halogens is 2. The highest BCUT2D eigenvalue weighted by Crippen LogP contribution is 2.22. The smallest absolute Gasteiger partial charge is 0.387 e. The summed E-state index contributed by atoms with van der Waals surface area (Å²) in [7, 11) is 0. The molecule has 0 saturated heterocycles. The van der Waals surface area contributed by atoms with Crippen molar-refractivity contribution in [1.82, 2.24) is 10.2 Å². The van der Waals surface area contributed by atoms with Gasteiger partial charge in [-0.05, 0) is 30.7 Å². The molecule has 0 atom stereocenters. The van der Waals surface area contributed by atoms with Crippen LogP contribution in [0.5, 0.6) is 5.75 Å². The Bertz CT molecular complexity index is 807. The van der Waals surface area contributed by atoms with Crippen molar-refractivity contribution in [2.75, 3.05) is 0 Å². The predicted molar refractivity (Wildman–Crippen MR) is 76.3 cm³/mol. The lowest BCUT2D eigenvalue weighted by Gasteiger charge is -2.07. The molecule has 5 nitrogen and oxygen atoms in total. The van der Waals surface area contributed by atoms with Crippen LogP contribution in [-0.2, 0) is 0 Å². The topological polar surface area (TPSA) is 78.8 Å². The van der Waals surface area contributed by atoms with Gasteiger partial charge in [-0.2, -0.15) is 19.1 Å². The van der Waals surface area contributed by atoms with E-state index < -0.39 is 12.2 Å². The van der Waals surface area contributed by atoms with Gasteiger partial charge in [-0.25, -0.2) is 5.10 Å². The highest BCUT2D eigenvalue weighted by molar-refractivity contribution is 5.72. The lowest BCUT2D eigenvalue weighted by Crippen LogP contribution is -2.15. The number of nitrogens with one attached hydrogen (secondary N) is 1. The molecule has 2 aromatic rings. The standard InChI is InChI=1S/C15H11F2N3O2/c1-9-11(8-18)14(21)20-19-12(9)7-6-10-4-2-3-5-13(10)22-15(16)17/h2-7,15H,1H3,(H,20,21)/b7-6+. The minimum absolute atomic E-state index is 0.0244. The van der Waals surface area contributed by atoms with Crippen LogP contribution in [0.15, 0.2) is 29.1 Å². The number of nitriles is 1. The number of hydrogen-bond acceptors (Lipinski definition) is 4. The molecule has 0 spiro atoms. The van der Waals surface area contributed by atoms with Crippen LogP contribution >= 0.6 is 0 Å². The van der Waals surface area contributed by atoms with Gasteiger partial charge in [0.1, 0.15) is 17.4 Å². The Kier molecular flexibility index (Phi) is 4.63. The minimum Gasteiger partial charge on any atom is -0.434 e. The number of benzene rings is 1.